The first-order valence-corrected chi connectivity index (χ1v) is 13.2. The van der Waals surface area contributed by atoms with Crippen LogP contribution in [0.5, 0.6) is 5.75 Å². The van der Waals surface area contributed by atoms with E-state index in [0.717, 1.165) is 18.4 Å². The van der Waals surface area contributed by atoms with E-state index in [1.165, 1.54) is 70.6 Å². The van der Waals surface area contributed by atoms with Gasteiger partial charge in [0.05, 0.1) is 5.56 Å². The summed E-state index contributed by atoms with van der Waals surface area (Å²) in [6.45, 7) is 2.26. The lowest BCUT2D eigenvalue weighted by molar-refractivity contribution is -0.116. The van der Waals surface area contributed by atoms with Gasteiger partial charge in [0, 0.05) is 18.2 Å². The quantitative estimate of drug-likeness (QED) is 0.208. The Balaban J connectivity index is 1.28. The number of aromatic hydroxyl groups is 1. The highest BCUT2D eigenvalue weighted by atomic mass is 16.3. The zero-order valence-electron chi connectivity index (χ0n) is 20.7. The van der Waals surface area contributed by atoms with Crippen molar-refractivity contribution in [3.63, 3.8) is 0 Å². The average Bonchev–Trinajstić information content (AvgIpc) is 3.26. The molecule has 0 radical (unpaired) electrons. The fourth-order valence-electron chi connectivity index (χ4n) is 4.30. The number of hydrogen-bond donors (Lipinski definition) is 2. The molecule has 0 aliphatic rings. The maximum atomic E-state index is 12.3. The van der Waals surface area contributed by atoms with Gasteiger partial charge in [-0.1, -0.05) is 96.1 Å². The van der Waals surface area contributed by atoms with Gasteiger partial charge in [0.25, 0.3) is 0 Å². The molecule has 184 valence electrons. The summed E-state index contributed by atoms with van der Waals surface area (Å²) in [6, 6.07) is 12.5. The minimum absolute atomic E-state index is 0.0166. The molecular weight excluding hydrogens is 424 g/mol. The topological polar surface area (TPSA) is 75.4 Å². The summed E-state index contributed by atoms with van der Waals surface area (Å²) in [7, 11) is 0. The van der Waals surface area contributed by atoms with Crippen molar-refractivity contribution in [2.75, 3.05) is 5.32 Å². The number of anilines is 1. The molecule has 0 saturated carbocycles. The maximum Gasteiger partial charge on any atom is 0.231 e. The summed E-state index contributed by atoms with van der Waals surface area (Å²) in [5.74, 6) is 0.381. The number of phenols is 1. The summed E-state index contributed by atoms with van der Waals surface area (Å²) in [5, 5.41) is 13.3. The Bertz CT molecular complexity index is 979. The zero-order valence-corrected chi connectivity index (χ0v) is 20.7. The number of benzene rings is 2. The third-order valence-electron chi connectivity index (χ3n) is 6.31. The molecule has 2 aromatic carbocycles. The summed E-state index contributed by atoms with van der Waals surface area (Å²) in [5.41, 5.74) is 2.50. The second kappa shape index (κ2) is 14.4. The number of carbonyl (C=O) groups is 1. The van der Waals surface area contributed by atoms with Crippen LogP contribution in [0.1, 0.15) is 96.8 Å². The fourth-order valence-corrected chi connectivity index (χ4v) is 4.30. The van der Waals surface area contributed by atoms with Crippen LogP contribution in [0.3, 0.4) is 0 Å². The Morgan fingerprint density at radius 3 is 2.09 bits per heavy atom. The normalized spacial score (nSPS) is 11.2. The molecule has 1 heterocycles. The zero-order chi connectivity index (χ0) is 24.0. The van der Waals surface area contributed by atoms with E-state index in [9.17, 15) is 9.90 Å². The van der Waals surface area contributed by atoms with E-state index in [1.807, 2.05) is 24.3 Å². The van der Waals surface area contributed by atoms with Gasteiger partial charge in [-0.15, -0.1) is 0 Å². The number of carbonyl (C=O) groups excluding carboxylic acids is 1. The van der Waals surface area contributed by atoms with Crippen LogP contribution in [0.2, 0.25) is 0 Å². The van der Waals surface area contributed by atoms with Gasteiger partial charge in [0.2, 0.25) is 11.8 Å². The summed E-state index contributed by atoms with van der Waals surface area (Å²) in [4.78, 5) is 16.7. The Kier molecular flexibility index (Phi) is 11.0. The molecule has 34 heavy (non-hydrogen) atoms. The number of oxazole rings is 1. The number of phenolic OH excluding ortho intramolecular Hbond substituents is 1. The molecule has 0 unspecified atom stereocenters. The molecule has 0 aliphatic carbocycles. The SMILES string of the molecule is CCCCCCCCCCCCCCCC(=O)Nc1ccc(-c2nc3ccccc3o2)c(O)c1. The van der Waals surface area contributed by atoms with E-state index >= 15 is 0 Å². The number of rotatable bonds is 16. The van der Waals surface area contributed by atoms with Crippen LogP contribution >= 0.6 is 0 Å². The van der Waals surface area contributed by atoms with Crippen LogP contribution < -0.4 is 5.32 Å². The predicted molar refractivity (Wildman–Crippen MR) is 140 cm³/mol. The lowest BCUT2D eigenvalue weighted by Crippen LogP contribution is -2.10. The van der Waals surface area contributed by atoms with Crippen molar-refractivity contribution in [1.29, 1.82) is 0 Å². The van der Waals surface area contributed by atoms with Crippen LogP contribution in [-0.2, 0) is 4.79 Å². The smallest absolute Gasteiger partial charge is 0.231 e. The lowest BCUT2D eigenvalue weighted by atomic mass is 10.0. The second-order valence-electron chi connectivity index (χ2n) is 9.26. The van der Waals surface area contributed by atoms with Crippen molar-refractivity contribution in [3.8, 4) is 17.2 Å². The lowest BCUT2D eigenvalue weighted by Gasteiger charge is -2.07. The Labute approximate surface area is 204 Å². The first-order chi connectivity index (χ1) is 16.7. The standard InChI is InChI=1S/C29H40N2O3/c1-2-3-4-5-6-7-8-9-10-11-12-13-14-19-28(33)30-23-20-21-24(26(32)22-23)29-31-25-17-15-16-18-27(25)34-29/h15-18,20-22,32H,2-14,19H2,1H3,(H,30,33). The highest BCUT2D eigenvalue weighted by Crippen LogP contribution is 2.33. The molecule has 0 fully saturated rings. The third-order valence-corrected chi connectivity index (χ3v) is 6.31. The minimum Gasteiger partial charge on any atom is -0.507 e. The monoisotopic (exact) mass is 464 g/mol. The Morgan fingerprint density at radius 2 is 1.47 bits per heavy atom. The molecule has 5 heteroatoms. The molecule has 0 atom stereocenters. The molecule has 1 aromatic heterocycles. The summed E-state index contributed by atoms with van der Waals surface area (Å²) in [6.07, 6.45) is 17.3. The van der Waals surface area contributed by atoms with Gasteiger partial charge in [-0.05, 0) is 30.7 Å². The van der Waals surface area contributed by atoms with Crippen LogP contribution in [0.15, 0.2) is 46.9 Å². The number of fused-ring (bicyclic) bond motifs is 1. The first-order valence-electron chi connectivity index (χ1n) is 13.2. The van der Waals surface area contributed by atoms with E-state index in [4.69, 9.17) is 4.42 Å². The largest absolute Gasteiger partial charge is 0.507 e. The van der Waals surface area contributed by atoms with E-state index in [0.29, 0.717) is 29.1 Å². The number of hydrogen-bond acceptors (Lipinski definition) is 4. The van der Waals surface area contributed by atoms with Crippen molar-refractivity contribution in [1.82, 2.24) is 4.98 Å². The van der Waals surface area contributed by atoms with Crippen LogP contribution in [0, 0.1) is 0 Å². The van der Waals surface area contributed by atoms with Gasteiger partial charge in [0.15, 0.2) is 5.58 Å². The third kappa shape index (κ3) is 8.51. The predicted octanol–water partition coefficient (Wildman–Crippen LogP) is 8.62. The number of nitrogens with zero attached hydrogens (tertiary/aromatic N) is 1. The van der Waals surface area contributed by atoms with Crippen LogP contribution in [-0.4, -0.2) is 16.0 Å². The van der Waals surface area contributed by atoms with Crippen molar-refractivity contribution < 1.29 is 14.3 Å². The Morgan fingerprint density at radius 1 is 0.853 bits per heavy atom. The highest BCUT2D eigenvalue weighted by molar-refractivity contribution is 5.91. The van der Waals surface area contributed by atoms with Crippen LogP contribution in [0.25, 0.3) is 22.6 Å². The summed E-state index contributed by atoms with van der Waals surface area (Å²) < 4.78 is 5.73. The van der Waals surface area contributed by atoms with Crippen molar-refractivity contribution in [2.45, 2.75) is 96.8 Å². The second-order valence-corrected chi connectivity index (χ2v) is 9.26. The molecule has 3 aromatic rings. The number of para-hydroxylation sites is 2. The number of amides is 1. The fraction of sp³-hybridized carbons (Fsp3) is 0.517. The molecular formula is C29H40N2O3. The first kappa shape index (κ1) is 25.8. The van der Waals surface area contributed by atoms with Crippen molar-refractivity contribution >= 4 is 22.7 Å². The van der Waals surface area contributed by atoms with E-state index in [1.54, 1.807) is 18.2 Å². The molecule has 1 amide bonds. The van der Waals surface area contributed by atoms with Gasteiger partial charge in [-0.25, -0.2) is 4.98 Å². The molecule has 2 N–H and O–H groups in total. The van der Waals surface area contributed by atoms with E-state index < -0.39 is 0 Å². The maximum absolute atomic E-state index is 12.3. The van der Waals surface area contributed by atoms with E-state index in [2.05, 4.69) is 17.2 Å². The minimum atomic E-state index is -0.0166. The molecule has 3 rings (SSSR count). The van der Waals surface area contributed by atoms with Crippen molar-refractivity contribution in [2.24, 2.45) is 0 Å². The van der Waals surface area contributed by atoms with E-state index in [-0.39, 0.29) is 11.7 Å². The molecule has 5 nitrogen and oxygen atoms in total. The van der Waals surface area contributed by atoms with Crippen LogP contribution in [0.4, 0.5) is 5.69 Å². The average molecular weight is 465 g/mol. The molecule has 0 aliphatic heterocycles. The molecule has 0 spiro atoms. The van der Waals surface area contributed by atoms with Gasteiger partial charge >= 0.3 is 0 Å². The molecule has 0 saturated heterocycles. The highest BCUT2D eigenvalue weighted by Gasteiger charge is 2.13. The number of nitrogens with one attached hydrogen (secondary N) is 1. The van der Waals surface area contributed by atoms with Gasteiger partial charge < -0.3 is 14.8 Å². The van der Waals surface area contributed by atoms with Gasteiger partial charge in [0.1, 0.15) is 11.3 Å². The number of aromatic nitrogens is 1. The Hall–Kier alpha value is -2.82. The van der Waals surface area contributed by atoms with Crippen molar-refractivity contribution in [3.05, 3.63) is 42.5 Å². The van der Waals surface area contributed by atoms with Gasteiger partial charge in [-0.3, -0.25) is 4.79 Å². The van der Waals surface area contributed by atoms with Gasteiger partial charge in [-0.2, -0.15) is 0 Å². The number of unbranched alkanes of at least 4 members (excludes halogenated alkanes) is 12. The molecule has 0 bridgehead atoms. The summed E-state index contributed by atoms with van der Waals surface area (Å²) >= 11 is 0.